The van der Waals surface area contributed by atoms with Gasteiger partial charge in [-0.1, -0.05) is 11.6 Å². The number of nitrogens with zero attached hydrogens (tertiary/aromatic N) is 3. The smallest absolute Gasteiger partial charge is 0.340 e. The molecule has 2 rings (SSSR count). The van der Waals surface area contributed by atoms with E-state index in [-0.39, 0.29) is 11.3 Å². The lowest BCUT2D eigenvalue weighted by molar-refractivity contribution is -0.141. The van der Waals surface area contributed by atoms with Gasteiger partial charge in [-0.3, -0.25) is 4.79 Å². The molecule has 0 N–H and O–H groups in total. The summed E-state index contributed by atoms with van der Waals surface area (Å²) in [6.45, 7) is 0. The number of aromatic nitrogens is 3. The van der Waals surface area contributed by atoms with E-state index in [1.165, 1.54) is 12.5 Å². The molecule has 0 spiro atoms. The Balaban J connectivity index is 2.39. The molecule has 0 amide bonds. The van der Waals surface area contributed by atoms with Gasteiger partial charge < -0.3 is 4.57 Å². The lowest BCUT2D eigenvalue weighted by Crippen LogP contribution is -2.11. The lowest BCUT2D eigenvalue weighted by Gasteiger charge is -2.07. The number of hydrogen-bond donors (Lipinski definition) is 0. The van der Waals surface area contributed by atoms with Crippen LogP contribution in [0.25, 0.3) is 0 Å². The van der Waals surface area contributed by atoms with Gasteiger partial charge in [0, 0.05) is 13.2 Å². The van der Waals surface area contributed by atoms with Gasteiger partial charge in [-0.25, -0.2) is 9.97 Å². The van der Waals surface area contributed by atoms with E-state index in [1.54, 1.807) is 11.6 Å². The molecule has 0 saturated heterocycles. The summed E-state index contributed by atoms with van der Waals surface area (Å²) in [4.78, 5) is 19.0. The first-order valence-electron chi connectivity index (χ1n) is 5.05. The number of halogens is 4. The van der Waals surface area contributed by atoms with Crippen LogP contribution in [0.15, 0.2) is 24.7 Å². The first kappa shape index (κ1) is 13.5. The molecule has 2 aromatic heterocycles. The van der Waals surface area contributed by atoms with Gasteiger partial charge in [0.2, 0.25) is 5.78 Å². The second kappa shape index (κ2) is 4.65. The number of carbonyl (C=O) groups excluding carboxylic acids is 1. The molecule has 0 unspecified atom stereocenters. The molecular formula is C11H7ClF3N3O. The number of alkyl halides is 3. The molecule has 4 nitrogen and oxygen atoms in total. The quantitative estimate of drug-likeness (QED) is 0.631. The average Bonchev–Trinajstić information content (AvgIpc) is 2.73. The zero-order valence-corrected chi connectivity index (χ0v) is 10.3. The van der Waals surface area contributed by atoms with E-state index < -0.39 is 22.8 Å². The number of pyridine rings is 1. The number of hydrogen-bond acceptors (Lipinski definition) is 3. The molecule has 8 heteroatoms. The second-order valence-electron chi connectivity index (χ2n) is 3.79. The highest BCUT2D eigenvalue weighted by molar-refractivity contribution is 6.33. The topological polar surface area (TPSA) is 47.8 Å². The summed E-state index contributed by atoms with van der Waals surface area (Å²) in [5.74, 6) is -0.577. The van der Waals surface area contributed by atoms with Gasteiger partial charge >= 0.3 is 6.18 Å². The Hall–Kier alpha value is -1.89. The summed E-state index contributed by atoms with van der Waals surface area (Å²) < 4.78 is 38.8. The minimum Gasteiger partial charge on any atom is -0.340 e. The van der Waals surface area contributed by atoms with Crippen molar-refractivity contribution in [2.24, 2.45) is 7.05 Å². The average molecular weight is 290 g/mol. The molecule has 0 saturated carbocycles. The fourth-order valence-corrected chi connectivity index (χ4v) is 1.67. The Kier molecular flexibility index (Phi) is 3.32. The van der Waals surface area contributed by atoms with Gasteiger partial charge in [0.15, 0.2) is 0 Å². The van der Waals surface area contributed by atoms with E-state index in [2.05, 4.69) is 9.97 Å². The third-order valence-corrected chi connectivity index (χ3v) is 2.61. The third kappa shape index (κ3) is 2.76. The Morgan fingerprint density at radius 3 is 2.53 bits per heavy atom. The van der Waals surface area contributed by atoms with Crippen molar-refractivity contribution in [1.29, 1.82) is 0 Å². The molecule has 2 aromatic rings. The standard InChI is InChI=1S/C11H7ClF3N3O/c1-18-4-7(16-5-18)9(19)6-2-3-8(11(13,14)15)17-10(6)12/h2-5H,1H3. The summed E-state index contributed by atoms with van der Waals surface area (Å²) in [5.41, 5.74) is -1.17. The number of aryl methyl sites for hydroxylation is 1. The highest BCUT2D eigenvalue weighted by Gasteiger charge is 2.33. The zero-order valence-electron chi connectivity index (χ0n) is 9.57. The van der Waals surface area contributed by atoms with Crippen LogP contribution in [-0.2, 0) is 13.2 Å². The Morgan fingerprint density at radius 2 is 2.05 bits per heavy atom. The van der Waals surface area contributed by atoms with E-state index in [0.717, 1.165) is 6.07 Å². The monoisotopic (exact) mass is 289 g/mol. The minimum absolute atomic E-state index is 0.0889. The van der Waals surface area contributed by atoms with Crippen LogP contribution in [0.3, 0.4) is 0 Å². The highest BCUT2D eigenvalue weighted by Crippen LogP contribution is 2.29. The molecule has 0 aromatic carbocycles. The Bertz CT molecular complexity index is 636. The fourth-order valence-electron chi connectivity index (χ4n) is 1.43. The van der Waals surface area contributed by atoms with Gasteiger partial charge in [0.05, 0.1) is 11.9 Å². The molecule has 0 aliphatic rings. The van der Waals surface area contributed by atoms with E-state index in [0.29, 0.717) is 6.07 Å². The first-order valence-corrected chi connectivity index (χ1v) is 5.43. The summed E-state index contributed by atoms with van der Waals surface area (Å²) in [7, 11) is 1.66. The van der Waals surface area contributed by atoms with Crippen LogP contribution in [0.4, 0.5) is 13.2 Å². The highest BCUT2D eigenvalue weighted by atomic mass is 35.5. The van der Waals surface area contributed by atoms with E-state index in [4.69, 9.17) is 11.6 Å². The van der Waals surface area contributed by atoms with Crippen LogP contribution in [0.5, 0.6) is 0 Å². The van der Waals surface area contributed by atoms with Crippen LogP contribution in [0, 0.1) is 0 Å². The molecule has 19 heavy (non-hydrogen) atoms. The maximum atomic E-state index is 12.4. The maximum Gasteiger partial charge on any atom is 0.433 e. The molecular weight excluding hydrogens is 283 g/mol. The van der Waals surface area contributed by atoms with Crippen molar-refractivity contribution in [3.05, 3.63) is 46.8 Å². The van der Waals surface area contributed by atoms with Crippen molar-refractivity contribution in [3.8, 4) is 0 Å². The summed E-state index contributed by atoms with van der Waals surface area (Å²) in [5, 5.41) is -0.495. The predicted molar refractivity (Wildman–Crippen MR) is 60.9 cm³/mol. The maximum absolute atomic E-state index is 12.4. The molecule has 100 valence electrons. The van der Waals surface area contributed by atoms with Crippen LogP contribution in [-0.4, -0.2) is 20.3 Å². The van der Waals surface area contributed by atoms with Crippen molar-refractivity contribution in [1.82, 2.24) is 14.5 Å². The molecule has 2 heterocycles. The van der Waals surface area contributed by atoms with Gasteiger partial charge in [-0.2, -0.15) is 13.2 Å². The van der Waals surface area contributed by atoms with Crippen molar-refractivity contribution in [3.63, 3.8) is 0 Å². The van der Waals surface area contributed by atoms with E-state index in [1.807, 2.05) is 0 Å². The molecule has 0 bridgehead atoms. The predicted octanol–water partition coefficient (Wildman–Crippen LogP) is 2.72. The van der Waals surface area contributed by atoms with Gasteiger partial charge in [-0.05, 0) is 12.1 Å². The largest absolute Gasteiger partial charge is 0.433 e. The van der Waals surface area contributed by atoms with Crippen molar-refractivity contribution in [2.75, 3.05) is 0 Å². The second-order valence-corrected chi connectivity index (χ2v) is 4.14. The van der Waals surface area contributed by atoms with Crippen LogP contribution in [0.2, 0.25) is 5.15 Å². The number of rotatable bonds is 2. The number of ketones is 1. The molecule has 0 radical (unpaired) electrons. The van der Waals surface area contributed by atoms with E-state index >= 15 is 0 Å². The fraction of sp³-hybridized carbons (Fsp3) is 0.182. The minimum atomic E-state index is -4.60. The Morgan fingerprint density at radius 1 is 1.37 bits per heavy atom. The van der Waals surface area contributed by atoms with E-state index in [9.17, 15) is 18.0 Å². The SMILES string of the molecule is Cn1cnc(C(=O)c2ccc(C(F)(F)F)nc2Cl)c1. The van der Waals surface area contributed by atoms with Crippen LogP contribution in [0.1, 0.15) is 21.7 Å². The van der Waals surface area contributed by atoms with Gasteiger partial charge in [-0.15, -0.1) is 0 Å². The van der Waals surface area contributed by atoms with Crippen LogP contribution < -0.4 is 0 Å². The van der Waals surface area contributed by atoms with Crippen LogP contribution >= 0.6 is 11.6 Å². The molecule has 0 atom stereocenters. The van der Waals surface area contributed by atoms with Gasteiger partial charge in [0.1, 0.15) is 16.5 Å². The van der Waals surface area contributed by atoms with Crippen molar-refractivity contribution < 1.29 is 18.0 Å². The summed E-state index contributed by atoms with van der Waals surface area (Å²) in [6, 6.07) is 1.71. The lowest BCUT2D eigenvalue weighted by atomic mass is 10.1. The number of imidazole rings is 1. The Labute approximate surface area is 110 Å². The molecule has 0 fully saturated rings. The molecule has 0 aliphatic heterocycles. The molecule has 0 aliphatic carbocycles. The normalized spacial score (nSPS) is 11.6. The summed E-state index contributed by atoms with van der Waals surface area (Å²) in [6.07, 6.45) is -1.76. The zero-order chi connectivity index (χ0) is 14.2. The van der Waals surface area contributed by atoms with Gasteiger partial charge in [0.25, 0.3) is 0 Å². The van der Waals surface area contributed by atoms with Crippen molar-refractivity contribution >= 4 is 17.4 Å². The number of carbonyl (C=O) groups is 1. The first-order chi connectivity index (χ1) is 8.79. The van der Waals surface area contributed by atoms with Crippen molar-refractivity contribution in [2.45, 2.75) is 6.18 Å². The third-order valence-electron chi connectivity index (χ3n) is 2.32. The summed E-state index contributed by atoms with van der Waals surface area (Å²) >= 11 is 5.62.